The zero-order chi connectivity index (χ0) is 11.2. The van der Waals surface area contributed by atoms with Gasteiger partial charge in [0.05, 0.1) is 4.47 Å². The first-order valence-electron chi connectivity index (χ1n) is 4.91. The van der Waals surface area contributed by atoms with Gasteiger partial charge >= 0.3 is 0 Å². The summed E-state index contributed by atoms with van der Waals surface area (Å²) in [6, 6.07) is 0. The van der Waals surface area contributed by atoms with Gasteiger partial charge in [-0.3, -0.25) is 0 Å². The summed E-state index contributed by atoms with van der Waals surface area (Å²) in [6.45, 7) is 5.95. The molecule has 1 aromatic rings. The number of phenolic OH excluding ortho intramolecular Hbond substituents is 1. The second kappa shape index (κ2) is 4.07. The number of hydrogen-bond acceptors (Lipinski definition) is 2. The number of phenols is 1. The number of aromatic hydroxyl groups is 1. The molecule has 0 amide bonds. The fourth-order valence-electron chi connectivity index (χ4n) is 1.96. The molecule has 1 heterocycles. The van der Waals surface area contributed by atoms with Crippen molar-refractivity contribution in [3.63, 3.8) is 0 Å². The Labute approximate surface area is 106 Å². The highest BCUT2D eigenvalue weighted by atomic mass is 79.9. The summed E-state index contributed by atoms with van der Waals surface area (Å²) in [5, 5.41) is 13.3. The summed E-state index contributed by atoms with van der Waals surface area (Å²) in [6.07, 6.45) is 0. The van der Waals surface area contributed by atoms with Crippen LogP contribution in [0.1, 0.15) is 22.6 Å². The average molecular weight is 335 g/mol. The fraction of sp³-hybridized carbons (Fsp3) is 0.455. The Bertz CT molecular complexity index is 385. The predicted octanol–water partition coefficient (Wildman–Crippen LogP) is 3.22. The first-order valence-corrected chi connectivity index (χ1v) is 6.50. The molecule has 0 aromatic heterocycles. The van der Waals surface area contributed by atoms with Gasteiger partial charge in [0.1, 0.15) is 5.75 Å². The van der Waals surface area contributed by atoms with E-state index in [1.54, 1.807) is 0 Å². The third-order valence-electron chi connectivity index (χ3n) is 3.04. The minimum Gasteiger partial charge on any atom is -0.506 e. The third-order valence-corrected chi connectivity index (χ3v) is 5.20. The molecule has 1 saturated heterocycles. The van der Waals surface area contributed by atoms with Crippen LogP contribution in [0.4, 0.5) is 0 Å². The lowest BCUT2D eigenvalue weighted by Crippen LogP contribution is -2.40. The molecule has 0 saturated carbocycles. The van der Waals surface area contributed by atoms with Crippen molar-refractivity contribution in [2.24, 2.45) is 0 Å². The lowest BCUT2D eigenvalue weighted by atomic mass is 9.88. The molecule has 0 bridgehead atoms. The summed E-state index contributed by atoms with van der Waals surface area (Å²) in [4.78, 5) is 0. The van der Waals surface area contributed by atoms with Crippen LogP contribution in [-0.2, 0) is 0 Å². The largest absolute Gasteiger partial charge is 0.506 e. The molecule has 1 aromatic carbocycles. The lowest BCUT2D eigenvalue weighted by Gasteiger charge is -2.30. The van der Waals surface area contributed by atoms with E-state index in [0.29, 0.717) is 11.7 Å². The maximum atomic E-state index is 10.1. The standard InChI is InChI=1S/C11H13Br2NO/c1-5-8(7-3-14-4-7)11(15)10(13)6(2)9(5)12/h7,14-15H,3-4H2,1-2H3. The molecule has 1 fully saturated rings. The van der Waals surface area contributed by atoms with Crippen LogP contribution in [-0.4, -0.2) is 18.2 Å². The normalized spacial score (nSPS) is 16.5. The Kier molecular flexibility index (Phi) is 3.10. The second-order valence-electron chi connectivity index (χ2n) is 4.00. The van der Waals surface area contributed by atoms with Crippen molar-refractivity contribution < 1.29 is 5.11 Å². The first-order chi connectivity index (χ1) is 7.04. The molecule has 0 spiro atoms. The van der Waals surface area contributed by atoms with E-state index < -0.39 is 0 Å². The van der Waals surface area contributed by atoms with Crippen LogP contribution < -0.4 is 5.32 Å². The van der Waals surface area contributed by atoms with Gasteiger partial charge in [-0.1, -0.05) is 15.9 Å². The molecule has 0 unspecified atom stereocenters. The molecule has 2 N–H and O–H groups in total. The maximum absolute atomic E-state index is 10.1. The van der Waals surface area contributed by atoms with Crippen LogP contribution in [0.5, 0.6) is 5.75 Å². The summed E-state index contributed by atoms with van der Waals surface area (Å²) in [7, 11) is 0. The van der Waals surface area contributed by atoms with Gasteiger partial charge in [0.2, 0.25) is 0 Å². The Morgan fingerprint density at radius 1 is 1.13 bits per heavy atom. The van der Waals surface area contributed by atoms with Crippen LogP contribution in [0.15, 0.2) is 8.95 Å². The van der Waals surface area contributed by atoms with E-state index in [0.717, 1.165) is 38.7 Å². The SMILES string of the molecule is Cc1c(Br)c(C)c(C2CNC2)c(O)c1Br. The van der Waals surface area contributed by atoms with Crippen molar-refractivity contribution in [3.8, 4) is 5.75 Å². The molecule has 1 aliphatic heterocycles. The minimum atomic E-state index is 0.403. The van der Waals surface area contributed by atoms with Crippen molar-refractivity contribution in [2.75, 3.05) is 13.1 Å². The number of hydrogen-bond donors (Lipinski definition) is 2. The van der Waals surface area contributed by atoms with Gasteiger partial charge < -0.3 is 10.4 Å². The van der Waals surface area contributed by atoms with Crippen molar-refractivity contribution >= 4 is 31.9 Å². The van der Waals surface area contributed by atoms with E-state index in [-0.39, 0.29) is 0 Å². The van der Waals surface area contributed by atoms with Gasteiger partial charge in [-0.25, -0.2) is 0 Å². The van der Waals surface area contributed by atoms with Gasteiger partial charge in [-0.2, -0.15) is 0 Å². The van der Waals surface area contributed by atoms with Crippen LogP contribution >= 0.6 is 31.9 Å². The van der Waals surface area contributed by atoms with E-state index in [4.69, 9.17) is 0 Å². The lowest BCUT2D eigenvalue weighted by molar-refractivity contribution is 0.409. The zero-order valence-electron chi connectivity index (χ0n) is 8.69. The Balaban J connectivity index is 2.62. The van der Waals surface area contributed by atoms with Gasteiger partial charge in [-0.15, -0.1) is 0 Å². The van der Waals surface area contributed by atoms with Crippen LogP contribution in [0.25, 0.3) is 0 Å². The van der Waals surface area contributed by atoms with Gasteiger partial charge in [0, 0.05) is 29.0 Å². The Hall–Kier alpha value is -0.0600. The van der Waals surface area contributed by atoms with E-state index in [1.165, 1.54) is 0 Å². The number of benzene rings is 1. The quantitative estimate of drug-likeness (QED) is 0.826. The number of halogens is 2. The summed E-state index contributed by atoms with van der Waals surface area (Å²) in [5.74, 6) is 0.845. The third kappa shape index (κ3) is 1.73. The molecular formula is C11H13Br2NO. The highest BCUT2D eigenvalue weighted by Gasteiger charge is 2.27. The molecule has 15 heavy (non-hydrogen) atoms. The molecular weight excluding hydrogens is 322 g/mol. The monoisotopic (exact) mass is 333 g/mol. The maximum Gasteiger partial charge on any atom is 0.133 e. The summed E-state index contributed by atoms with van der Waals surface area (Å²) in [5.41, 5.74) is 3.28. The van der Waals surface area contributed by atoms with E-state index in [1.807, 2.05) is 6.92 Å². The second-order valence-corrected chi connectivity index (χ2v) is 5.58. The summed E-state index contributed by atoms with van der Waals surface area (Å²) < 4.78 is 1.90. The van der Waals surface area contributed by atoms with Crippen molar-refractivity contribution in [2.45, 2.75) is 19.8 Å². The fourth-order valence-corrected chi connectivity index (χ4v) is 3.05. The van der Waals surface area contributed by atoms with Gasteiger partial charge in [0.15, 0.2) is 0 Å². The van der Waals surface area contributed by atoms with Gasteiger partial charge in [0.25, 0.3) is 0 Å². The first kappa shape index (κ1) is 11.4. The van der Waals surface area contributed by atoms with Crippen LogP contribution in [0, 0.1) is 13.8 Å². The van der Waals surface area contributed by atoms with Crippen molar-refractivity contribution in [1.82, 2.24) is 5.32 Å². The highest BCUT2D eigenvalue weighted by Crippen LogP contribution is 2.43. The van der Waals surface area contributed by atoms with Crippen LogP contribution in [0.3, 0.4) is 0 Å². The molecule has 0 radical (unpaired) electrons. The van der Waals surface area contributed by atoms with E-state index >= 15 is 0 Å². The smallest absolute Gasteiger partial charge is 0.133 e. The molecule has 82 valence electrons. The molecule has 2 rings (SSSR count). The van der Waals surface area contributed by atoms with Crippen LogP contribution in [0.2, 0.25) is 0 Å². The Morgan fingerprint density at radius 2 is 1.73 bits per heavy atom. The molecule has 0 atom stereocenters. The molecule has 1 aliphatic rings. The molecule has 4 heteroatoms. The predicted molar refractivity (Wildman–Crippen MR) is 68.6 cm³/mol. The molecule has 2 nitrogen and oxygen atoms in total. The van der Waals surface area contributed by atoms with E-state index in [2.05, 4.69) is 44.1 Å². The summed E-state index contributed by atoms with van der Waals surface area (Å²) >= 11 is 7.01. The number of rotatable bonds is 1. The average Bonchev–Trinajstić information content (AvgIpc) is 2.15. The molecule has 0 aliphatic carbocycles. The van der Waals surface area contributed by atoms with E-state index in [9.17, 15) is 5.11 Å². The Morgan fingerprint density at radius 3 is 2.20 bits per heavy atom. The minimum absolute atomic E-state index is 0.403. The van der Waals surface area contributed by atoms with Gasteiger partial charge in [-0.05, 0) is 40.9 Å². The van der Waals surface area contributed by atoms with Crippen molar-refractivity contribution in [3.05, 3.63) is 25.6 Å². The van der Waals surface area contributed by atoms with Crippen molar-refractivity contribution in [1.29, 1.82) is 0 Å². The number of nitrogens with one attached hydrogen (secondary N) is 1. The zero-order valence-corrected chi connectivity index (χ0v) is 11.9. The topological polar surface area (TPSA) is 32.3 Å². The highest BCUT2D eigenvalue weighted by molar-refractivity contribution is 9.11.